The summed E-state index contributed by atoms with van der Waals surface area (Å²) in [5.41, 5.74) is 9.55. The molecule has 1 aromatic carbocycles. The molecule has 0 unspecified atom stereocenters. The highest BCUT2D eigenvalue weighted by Crippen LogP contribution is 2.22. The molecule has 1 amide bonds. The standard InChI is InChI=1S/C22H31N7O/c1-3-17-7-5-8-18(4-2)20(17)27-21(23)24-12-9-19(30)28-13-15-29(16-14-28)22-25-10-6-11-26-22/h5-8,10-11H,3-4,9,12-16H2,1-2H3,(H3,23,24,27). The topological polar surface area (TPSA) is 99.7 Å². The number of nitrogens with one attached hydrogen (secondary N) is 1. The molecule has 1 aliphatic rings. The molecule has 1 saturated heterocycles. The normalized spacial score (nSPS) is 14.7. The number of guanidine groups is 1. The maximum absolute atomic E-state index is 12.5. The molecule has 30 heavy (non-hydrogen) atoms. The van der Waals surface area contributed by atoms with Gasteiger partial charge >= 0.3 is 0 Å². The van der Waals surface area contributed by atoms with Crippen LogP contribution in [0.2, 0.25) is 0 Å². The summed E-state index contributed by atoms with van der Waals surface area (Å²) in [4.78, 5) is 29.4. The first-order valence-electron chi connectivity index (χ1n) is 10.6. The van der Waals surface area contributed by atoms with E-state index in [0.717, 1.165) is 31.6 Å². The van der Waals surface area contributed by atoms with Crippen LogP contribution >= 0.6 is 0 Å². The van der Waals surface area contributed by atoms with Crippen LogP contribution in [0.4, 0.5) is 11.6 Å². The fraction of sp³-hybridized carbons (Fsp3) is 0.455. The molecule has 2 heterocycles. The fourth-order valence-corrected chi connectivity index (χ4v) is 3.61. The minimum atomic E-state index is 0.100. The predicted molar refractivity (Wildman–Crippen MR) is 121 cm³/mol. The van der Waals surface area contributed by atoms with Crippen LogP contribution in [0.15, 0.2) is 41.7 Å². The van der Waals surface area contributed by atoms with Crippen LogP contribution in [0.1, 0.15) is 31.4 Å². The third-order valence-corrected chi connectivity index (χ3v) is 5.33. The largest absolute Gasteiger partial charge is 0.370 e. The lowest BCUT2D eigenvalue weighted by Gasteiger charge is -2.34. The monoisotopic (exact) mass is 409 g/mol. The second-order valence-electron chi connectivity index (χ2n) is 7.22. The van der Waals surface area contributed by atoms with Gasteiger partial charge in [-0.2, -0.15) is 0 Å². The number of aryl methyl sites for hydroxylation is 2. The molecule has 3 N–H and O–H groups in total. The molecule has 0 radical (unpaired) electrons. The van der Waals surface area contributed by atoms with Crippen LogP contribution in [0.25, 0.3) is 0 Å². The van der Waals surface area contributed by atoms with Crippen molar-refractivity contribution in [2.75, 3.05) is 42.9 Å². The Kier molecular flexibility index (Phi) is 7.59. The van der Waals surface area contributed by atoms with Crippen LogP contribution in [0.5, 0.6) is 0 Å². The molecule has 1 fully saturated rings. The second-order valence-corrected chi connectivity index (χ2v) is 7.22. The lowest BCUT2D eigenvalue weighted by Crippen LogP contribution is -2.49. The Hall–Kier alpha value is -3.16. The Morgan fingerprint density at radius 2 is 1.70 bits per heavy atom. The Labute approximate surface area is 178 Å². The first-order valence-corrected chi connectivity index (χ1v) is 10.6. The molecule has 8 nitrogen and oxygen atoms in total. The number of aromatic nitrogens is 2. The van der Waals surface area contributed by atoms with Gasteiger partial charge in [0.25, 0.3) is 0 Å². The fourth-order valence-electron chi connectivity index (χ4n) is 3.61. The number of benzene rings is 1. The molecule has 0 aliphatic carbocycles. The molecule has 8 heteroatoms. The van der Waals surface area contributed by atoms with Gasteiger partial charge in [-0.05, 0) is 30.0 Å². The highest BCUT2D eigenvalue weighted by molar-refractivity contribution is 5.94. The molecular weight excluding hydrogens is 378 g/mol. The van der Waals surface area contributed by atoms with Crippen LogP contribution in [0.3, 0.4) is 0 Å². The maximum atomic E-state index is 12.5. The molecule has 1 aromatic heterocycles. The van der Waals surface area contributed by atoms with Crippen molar-refractivity contribution in [2.45, 2.75) is 33.1 Å². The SMILES string of the molecule is CCc1cccc(CC)c1NC(N)=NCCC(=O)N1CCN(c2ncccn2)CC1. The minimum Gasteiger partial charge on any atom is -0.370 e. The first kappa shape index (κ1) is 21.5. The number of anilines is 2. The molecule has 160 valence electrons. The lowest BCUT2D eigenvalue weighted by molar-refractivity contribution is -0.131. The van der Waals surface area contributed by atoms with Crippen LogP contribution in [0, 0.1) is 0 Å². The zero-order valence-electron chi connectivity index (χ0n) is 17.8. The number of nitrogens with zero attached hydrogens (tertiary/aromatic N) is 5. The van der Waals surface area contributed by atoms with Crippen LogP contribution in [-0.2, 0) is 17.6 Å². The van der Waals surface area contributed by atoms with E-state index < -0.39 is 0 Å². The number of hydrogen-bond acceptors (Lipinski definition) is 5. The zero-order valence-corrected chi connectivity index (χ0v) is 17.8. The van der Waals surface area contributed by atoms with Crippen molar-refractivity contribution in [3.63, 3.8) is 0 Å². The van der Waals surface area contributed by atoms with Gasteiger partial charge in [0.15, 0.2) is 5.96 Å². The van der Waals surface area contributed by atoms with E-state index in [1.165, 1.54) is 11.1 Å². The van der Waals surface area contributed by atoms with Gasteiger partial charge in [-0.15, -0.1) is 0 Å². The summed E-state index contributed by atoms with van der Waals surface area (Å²) < 4.78 is 0. The minimum absolute atomic E-state index is 0.100. The maximum Gasteiger partial charge on any atom is 0.225 e. The van der Waals surface area contributed by atoms with Gasteiger partial charge in [0, 0.05) is 50.7 Å². The molecule has 2 aromatic rings. The third-order valence-electron chi connectivity index (χ3n) is 5.33. The van der Waals surface area contributed by atoms with Crippen LogP contribution < -0.4 is 16.0 Å². The number of para-hydroxylation sites is 1. The van der Waals surface area contributed by atoms with E-state index in [1.54, 1.807) is 18.5 Å². The van der Waals surface area contributed by atoms with E-state index in [2.05, 4.69) is 57.2 Å². The number of hydrogen-bond donors (Lipinski definition) is 2. The van der Waals surface area contributed by atoms with Crippen molar-refractivity contribution in [3.05, 3.63) is 47.8 Å². The van der Waals surface area contributed by atoms with Crippen molar-refractivity contribution >= 4 is 23.5 Å². The van der Waals surface area contributed by atoms with Gasteiger partial charge in [0.1, 0.15) is 0 Å². The molecule has 0 bridgehead atoms. The van der Waals surface area contributed by atoms with E-state index in [1.807, 2.05) is 4.90 Å². The van der Waals surface area contributed by atoms with Gasteiger partial charge in [0.05, 0.1) is 6.54 Å². The number of carbonyl (C=O) groups excluding carboxylic acids is 1. The number of carbonyl (C=O) groups is 1. The molecule has 0 spiro atoms. The highest BCUT2D eigenvalue weighted by atomic mass is 16.2. The molecule has 0 saturated carbocycles. The quantitative estimate of drug-likeness (QED) is 0.536. The Morgan fingerprint density at radius 3 is 2.30 bits per heavy atom. The number of nitrogens with two attached hydrogens (primary N) is 1. The number of rotatable bonds is 7. The van der Waals surface area contributed by atoms with E-state index >= 15 is 0 Å². The average molecular weight is 410 g/mol. The van der Waals surface area contributed by atoms with E-state index in [0.29, 0.717) is 38.0 Å². The van der Waals surface area contributed by atoms with Gasteiger partial charge in [-0.25, -0.2) is 9.97 Å². The van der Waals surface area contributed by atoms with Crippen LogP contribution in [-0.4, -0.2) is 59.5 Å². The smallest absolute Gasteiger partial charge is 0.225 e. The van der Waals surface area contributed by atoms with Crippen molar-refractivity contribution in [3.8, 4) is 0 Å². The Morgan fingerprint density at radius 1 is 1.07 bits per heavy atom. The number of amides is 1. The highest BCUT2D eigenvalue weighted by Gasteiger charge is 2.22. The van der Waals surface area contributed by atoms with Gasteiger partial charge in [-0.1, -0.05) is 32.0 Å². The Balaban J connectivity index is 1.48. The molecule has 3 rings (SSSR count). The van der Waals surface area contributed by atoms with Gasteiger partial charge in [-0.3, -0.25) is 9.79 Å². The summed E-state index contributed by atoms with van der Waals surface area (Å²) in [7, 11) is 0. The summed E-state index contributed by atoms with van der Waals surface area (Å²) in [6, 6.07) is 8.06. The van der Waals surface area contributed by atoms with Gasteiger partial charge in [0.2, 0.25) is 11.9 Å². The van der Waals surface area contributed by atoms with Crippen molar-refractivity contribution in [2.24, 2.45) is 10.7 Å². The summed E-state index contributed by atoms with van der Waals surface area (Å²) >= 11 is 0. The lowest BCUT2D eigenvalue weighted by atomic mass is 10.0. The van der Waals surface area contributed by atoms with E-state index in [4.69, 9.17) is 5.73 Å². The number of piperazine rings is 1. The Bertz CT molecular complexity index is 839. The summed E-state index contributed by atoms with van der Waals surface area (Å²) in [5, 5.41) is 3.24. The molecule has 1 aliphatic heterocycles. The van der Waals surface area contributed by atoms with Crippen molar-refractivity contribution in [1.29, 1.82) is 0 Å². The average Bonchev–Trinajstić information content (AvgIpc) is 2.79. The predicted octanol–water partition coefficient (Wildman–Crippen LogP) is 2.07. The van der Waals surface area contributed by atoms with Crippen molar-refractivity contribution in [1.82, 2.24) is 14.9 Å². The summed E-state index contributed by atoms with van der Waals surface area (Å²) in [6.45, 7) is 7.41. The third kappa shape index (κ3) is 5.46. The van der Waals surface area contributed by atoms with E-state index in [9.17, 15) is 4.79 Å². The summed E-state index contributed by atoms with van der Waals surface area (Å²) in [6.07, 6.45) is 5.65. The number of aliphatic imine (C=N–C) groups is 1. The molecule has 0 atom stereocenters. The van der Waals surface area contributed by atoms with Gasteiger partial charge < -0.3 is 20.9 Å². The first-order chi connectivity index (χ1) is 14.6. The molecular formula is C22H31N7O. The zero-order chi connectivity index (χ0) is 21.3. The second kappa shape index (κ2) is 10.6. The summed E-state index contributed by atoms with van der Waals surface area (Å²) in [5.74, 6) is 1.17. The van der Waals surface area contributed by atoms with E-state index in [-0.39, 0.29) is 5.91 Å². The van der Waals surface area contributed by atoms with Crippen molar-refractivity contribution < 1.29 is 4.79 Å².